The van der Waals surface area contributed by atoms with Gasteiger partial charge in [-0.2, -0.15) is 0 Å². The summed E-state index contributed by atoms with van der Waals surface area (Å²) >= 11 is 0. The summed E-state index contributed by atoms with van der Waals surface area (Å²) in [5, 5.41) is 5.14. The lowest BCUT2D eigenvalue weighted by Gasteiger charge is -2.41. The molecule has 1 aliphatic rings. The quantitative estimate of drug-likeness (QED) is 0.0307. The molecule has 0 bridgehead atoms. The second kappa shape index (κ2) is 32.1. The predicted molar refractivity (Wildman–Crippen MR) is 292 cm³/mol. The monoisotopic (exact) mass is 885 g/mol. The second-order valence-corrected chi connectivity index (χ2v) is 24.5. The number of aryl methyl sites for hydroxylation is 6. The second-order valence-electron chi connectivity index (χ2n) is 20.5. The van der Waals surface area contributed by atoms with Crippen molar-refractivity contribution in [1.82, 2.24) is 0 Å². The summed E-state index contributed by atoms with van der Waals surface area (Å²) in [7, 11) is -2.77. The number of rotatable bonds is 37. The zero-order chi connectivity index (χ0) is 45.7. The molecule has 0 nitrogen and oxygen atoms in total. The Kier molecular flexibility index (Phi) is 27.1. The summed E-state index contributed by atoms with van der Waals surface area (Å²) in [4.78, 5) is 0. The van der Waals surface area contributed by atoms with Crippen molar-refractivity contribution < 1.29 is 0 Å². The molecule has 1 atom stereocenters. The number of allylic oxidation sites excluding steroid dienone is 4. The average molecular weight is 886 g/mol. The molecule has 0 aliphatic heterocycles. The van der Waals surface area contributed by atoms with Crippen LogP contribution in [0.4, 0.5) is 0 Å². The molecule has 3 aromatic carbocycles. The van der Waals surface area contributed by atoms with E-state index in [0.29, 0.717) is 5.54 Å². The topological polar surface area (TPSA) is 0 Å². The molecule has 0 saturated heterocycles. The molecule has 64 heavy (non-hydrogen) atoms. The van der Waals surface area contributed by atoms with E-state index in [-0.39, 0.29) is 0 Å². The summed E-state index contributed by atoms with van der Waals surface area (Å²) in [5.74, 6) is 0. The molecular formula is C63H100Si. The van der Waals surface area contributed by atoms with Gasteiger partial charge in [0.15, 0.2) is 8.07 Å². The smallest absolute Gasteiger partial charge is 0.0790 e. The fraction of sp³-hybridized carbons (Fsp3) is 0.651. The Morgan fingerprint density at radius 3 is 0.812 bits per heavy atom. The van der Waals surface area contributed by atoms with Crippen LogP contribution in [-0.2, 0) is 38.5 Å². The van der Waals surface area contributed by atoms with E-state index in [4.69, 9.17) is 0 Å². The molecule has 0 heterocycles. The Morgan fingerprint density at radius 1 is 0.297 bits per heavy atom. The van der Waals surface area contributed by atoms with Gasteiger partial charge in [0.05, 0.1) is 0 Å². The SMILES string of the molecule is CCCCCCc1cc(CCCCCC)cc([Si](c2cc(CCCCCC)cc(CCCCCC)c2)(c2cc(CCCCCC)cc(CCCCCC)c2)C2C=CC=C2CCCC)c1. The fourth-order valence-corrected chi connectivity index (χ4v) is 16.7. The maximum absolute atomic E-state index is 2.82. The van der Waals surface area contributed by atoms with Crippen molar-refractivity contribution in [2.45, 2.75) is 266 Å². The van der Waals surface area contributed by atoms with Crippen LogP contribution in [0.2, 0.25) is 5.54 Å². The van der Waals surface area contributed by atoms with Gasteiger partial charge < -0.3 is 0 Å². The molecule has 3 aromatic rings. The van der Waals surface area contributed by atoms with E-state index in [0.717, 1.165) is 0 Å². The van der Waals surface area contributed by atoms with E-state index in [1.165, 1.54) is 212 Å². The van der Waals surface area contributed by atoms with Crippen molar-refractivity contribution in [3.8, 4) is 0 Å². The lowest BCUT2D eigenvalue weighted by molar-refractivity contribution is 0.661. The molecule has 0 aromatic heterocycles. The molecule has 0 spiro atoms. The molecule has 4 rings (SSSR count). The van der Waals surface area contributed by atoms with Gasteiger partial charge in [-0.15, -0.1) is 0 Å². The number of hydrogen-bond donors (Lipinski definition) is 0. The van der Waals surface area contributed by atoms with Crippen LogP contribution < -0.4 is 15.6 Å². The standard InChI is InChI=1S/C63H100Si/c1-8-15-22-28-35-53-44-54(36-29-23-16-9-2)48-60(47-53)64(63-43-34-42-59(63)41-21-14-7,61-49-55(37-30-24-17-10-3)45-56(50-61)38-31-25-18-11-4)62-51-57(39-32-26-19-12-5)46-58(52-62)40-33-27-20-13-6/h34,42-52,63H,8-33,35-41H2,1-7H3. The zero-order valence-corrected chi connectivity index (χ0v) is 44.3. The van der Waals surface area contributed by atoms with E-state index in [9.17, 15) is 0 Å². The molecule has 1 unspecified atom stereocenters. The highest BCUT2D eigenvalue weighted by molar-refractivity contribution is 7.13. The highest BCUT2D eigenvalue weighted by atomic mass is 28.3. The first-order valence-electron chi connectivity index (χ1n) is 28.2. The van der Waals surface area contributed by atoms with Crippen molar-refractivity contribution in [3.05, 3.63) is 112 Å². The fourth-order valence-electron chi connectivity index (χ4n) is 11.0. The van der Waals surface area contributed by atoms with Gasteiger partial charge in [-0.3, -0.25) is 0 Å². The molecule has 0 fully saturated rings. The Balaban J connectivity index is 2.14. The number of unbranched alkanes of at least 4 members (excludes halogenated alkanes) is 19. The maximum Gasteiger partial charge on any atom is 0.159 e. The first-order chi connectivity index (χ1) is 31.5. The van der Waals surface area contributed by atoms with Crippen LogP contribution in [-0.4, -0.2) is 8.07 Å². The molecule has 0 radical (unpaired) electrons. The van der Waals surface area contributed by atoms with Gasteiger partial charge in [0, 0.05) is 5.54 Å². The third-order valence-electron chi connectivity index (χ3n) is 14.7. The zero-order valence-electron chi connectivity index (χ0n) is 43.3. The lowest BCUT2D eigenvalue weighted by Crippen LogP contribution is -2.70. The summed E-state index contributed by atoms with van der Waals surface area (Å²) in [5.41, 5.74) is 11.8. The van der Waals surface area contributed by atoms with E-state index >= 15 is 0 Å². The Morgan fingerprint density at radius 2 is 0.562 bits per heavy atom. The molecule has 1 heteroatoms. The largest absolute Gasteiger partial charge is 0.159 e. The van der Waals surface area contributed by atoms with Crippen LogP contribution in [0.3, 0.4) is 0 Å². The first-order valence-corrected chi connectivity index (χ1v) is 30.3. The van der Waals surface area contributed by atoms with Crippen molar-refractivity contribution in [2.24, 2.45) is 0 Å². The summed E-state index contributed by atoms with van der Waals surface area (Å²) < 4.78 is 0. The molecule has 356 valence electrons. The normalized spacial score (nSPS) is 13.9. The van der Waals surface area contributed by atoms with Gasteiger partial charge in [0.2, 0.25) is 0 Å². The van der Waals surface area contributed by atoms with Crippen molar-refractivity contribution >= 4 is 23.6 Å². The minimum Gasteiger partial charge on any atom is -0.0790 e. The van der Waals surface area contributed by atoms with Crippen LogP contribution in [0, 0.1) is 0 Å². The van der Waals surface area contributed by atoms with E-state index in [1.54, 1.807) is 54.5 Å². The maximum atomic E-state index is 2.82. The molecular weight excluding hydrogens is 785 g/mol. The summed E-state index contributed by atoms with van der Waals surface area (Å²) in [6, 6.07) is 24.9. The van der Waals surface area contributed by atoms with Gasteiger partial charge in [-0.05, 0) is 139 Å². The highest BCUT2D eigenvalue weighted by Gasteiger charge is 2.48. The van der Waals surface area contributed by atoms with Gasteiger partial charge in [-0.1, -0.05) is 249 Å². The van der Waals surface area contributed by atoms with Crippen LogP contribution in [0.1, 0.15) is 255 Å². The number of benzene rings is 3. The van der Waals surface area contributed by atoms with Crippen molar-refractivity contribution in [1.29, 1.82) is 0 Å². The Bertz CT molecular complexity index is 1490. The highest BCUT2D eigenvalue weighted by Crippen LogP contribution is 2.39. The van der Waals surface area contributed by atoms with Crippen molar-refractivity contribution in [3.63, 3.8) is 0 Å². The molecule has 0 amide bonds. The molecule has 0 saturated carbocycles. The number of hydrogen-bond acceptors (Lipinski definition) is 0. The first kappa shape index (κ1) is 54.0. The van der Waals surface area contributed by atoms with Crippen LogP contribution in [0.5, 0.6) is 0 Å². The van der Waals surface area contributed by atoms with Gasteiger partial charge >= 0.3 is 0 Å². The summed E-state index contributed by atoms with van der Waals surface area (Å²) in [6.45, 7) is 16.6. The van der Waals surface area contributed by atoms with E-state index in [1.807, 2.05) is 0 Å². The third-order valence-corrected chi connectivity index (χ3v) is 19.8. The molecule has 0 N–H and O–H groups in total. The van der Waals surface area contributed by atoms with Crippen LogP contribution >= 0.6 is 0 Å². The Labute approximate surface area is 399 Å². The van der Waals surface area contributed by atoms with Crippen molar-refractivity contribution in [2.75, 3.05) is 0 Å². The van der Waals surface area contributed by atoms with Crippen LogP contribution in [0.25, 0.3) is 0 Å². The van der Waals surface area contributed by atoms with Crippen LogP contribution in [0.15, 0.2) is 78.4 Å². The summed E-state index contributed by atoms with van der Waals surface area (Å²) in [6.07, 6.45) is 50.5. The Hall–Kier alpha value is -2.64. The lowest BCUT2D eigenvalue weighted by atomic mass is 10.00. The minimum absolute atomic E-state index is 0.425. The average Bonchev–Trinajstić information content (AvgIpc) is 3.78. The molecule has 1 aliphatic carbocycles. The predicted octanol–water partition coefficient (Wildman–Crippen LogP) is 18.0. The van der Waals surface area contributed by atoms with Gasteiger partial charge in [0.25, 0.3) is 0 Å². The van der Waals surface area contributed by atoms with Gasteiger partial charge in [0.1, 0.15) is 0 Å². The minimum atomic E-state index is -2.77. The third kappa shape index (κ3) is 17.5. The van der Waals surface area contributed by atoms with E-state index < -0.39 is 8.07 Å². The van der Waals surface area contributed by atoms with E-state index in [2.05, 4.69) is 121 Å². The van der Waals surface area contributed by atoms with Gasteiger partial charge in [-0.25, -0.2) is 0 Å².